The summed E-state index contributed by atoms with van der Waals surface area (Å²) in [5, 5.41) is 0. The van der Waals surface area contributed by atoms with E-state index in [0.717, 1.165) is 6.42 Å². The number of ether oxygens (including phenoxy) is 2. The SMILES string of the molecule is CCCCCC(OC(C)(C)C)OC(C)(C)C. The molecule has 0 amide bonds. The van der Waals surface area contributed by atoms with Gasteiger partial charge in [0.1, 0.15) is 0 Å². The van der Waals surface area contributed by atoms with E-state index < -0.39 is 0 Å². The average molecular weight is 230 g/mol. The van der Waals surface area contributed by atoms with Crippen LogP contribution in [0.2, 0.25) is 0 Å². The fourth-order valence-electron chi connectivity index (χ4n) is 1.49. The molecule has 0 saturated heterocycles. The second-order valence-corrected chi connectivity index (χ2v) is 6.39. The van der Waals surface area contributed by atoms with E-state index in [1.807, 2.05) is 0 Å². The van der Waals surface area contributed by atoms with Gasteiger partial charge in [-0.2, -0.15) is 0 Å². The predicted octanol–water partition coefficient (Wildman–Crippen LogP) is 4.52. The van der Waals surface area contributed by atoms with Crippen LogP contribution in [0.4, 0.5) is 0 Å². The quantitative estimate of drug-likeness (QED) is 0.493. The summed E-state index contributed by atoms with van der Waals surface area (Å²) in [5.74, 6) is 0. The Bertz CT molecular complexity index is 158. The van der Waals surface area contributed by atoms with Crippen LogP contribution in [0.5, 0.6) is 0 Å². The summed E-state index contributed by atoms with van der Waals surface area (Å²) in [6, 6.07) is 0. The van der Waals surface area contributed by atoms with Gasteiger partial charge in [-0.1, -0.05) is 19.8 Å². The van der Waals surface area contributed by atoms with Crippen LogP contribution in [0.1, 0.15) is 74.1 Å². The Morgan fingerprint density at radius 3 is 1.56 bits per heavy atom. The third-order valence-electron chi connectivity index (χ3n) is 2.01. The Morgan fingerprint density at radius 2 is 1.25 bits per heavy atom. The zero-order chi connectivity index (χ0) is 12.8. The summed E-state index contributed by atoms with van der Waals surface area (Å²) in [5.41, 5.74) is -0.274. The van der Waals surface area contributed by atoms with Crippen LogP contribution >= 0.6 is 0 Å². The smallest absolute Gasteiger partial charge is 0.158 e. The lowest BCUT2D eigenvalue weighted by Gasteiger charge is -2.32. The first-order valence-corrected chi connectivity index (χ1v) is 6.50. The van der Waals surface area contributed by atoms with Crippen molar-refractivity contribution in [2.75, 3.05) is 0 Å². The minimum absolute atomic E-state index is 0.0773. The lowest BCUT2D eigenvalue weighted by atomic mass is 10.1. The van der Waals surface area contributed by atoms with Crippen molar-refractivity contribution in [1.82, 2.24) is 0 Å². The highest BCUT2D eigenvalue weighted by Gasteiger charge is 2.23. The monoisotopic (exact) mass is 230 g/mol. The Balaban J connectivity index is 4.17. The van der Waals surface area contributed by atoms with Crippen molar-refractivity contribution in [3.63, 3.8) is 0 Å². The van der Waals surface area contributed by atoms with Crippen LogP contribution < -0.4 is 0 Å². The number of rotatable bonds is 6. The van der Waals surface area contributed by atoms with Crippen molar-refractivity contribution in [2.24, 2.45) is 0 Å². The van der Waals surface area contributed by atoms with Gasteiger partial charge in [0.2, 0.25) is 0 Å². The van der Waals surface area contributed by atoms with Gasteiger partial charge in [0, 0.05) is 0 Å². The molecule has 0 aliphatic heterocycles. The minimum atomic E-state index is -0.137. The molecule has 0 heterocycles. The number of hydrogen-bond donors (Lipinski definition) is 0. The molecule has 2 nitrogen and oxygen atoms in total. The van der Waals surface area contributed by atoms with E-state index in [2.05, 4.69) is 48.5 Å². The van der Waals surface area contributed by atoms with Crippen molar-refractivity contribution in [3.8, 4) is 0 Å². The lowest BCUT2D eigenvalue weighted by Crippen LogP contribution is -2.35. The predicted molar refractivity (Wildman–Crippen MR) is 69.6 cm³/mol. The first kappa shape index (κ1) is 15.9. The Kier molecular flexibility index (Phi) is 6.57. The molecule has 98 valence electrons. The fraction of sp³-hybridized carbons (Fsp3) is 1.00. The van der Waals surface area contributed by atoms with Gasteiger partial charge in [-0.15, -0.1) is 0 Å². The maximum Gasteiger partial charge on any atom is 0.158 e. The molecule has 0 spiro atoms. The largest absolute Gasteiger partial charge is 0.347 e. The van der Waals surface area contributed by atoms with Gasteiger partial charge < -0.3 is 9.47 Å². The lowest BCUT2D eigenvalue weighted by molar-refractivity contribution is -0.236. The first-order valence-electron chi connectivity index (χ1n) is 6.50. The first-order chi connectivity index (χ1) is 7.14. The van der Waals surface area contributed by atoms with E-state index in [0.29, 0.717) is 0 Å². The Hall–Kier alpha value is -0.0800. The molecule has 16 heavy (non-hydrogen) atoms. The number of hydrogen-bond acceptors (Lipinski definition) is 2. The molecule has 0 N–H and O–H groups in total. The molecule has 2 heteroatoms. The maximum absolute atomic E-state index is 5.94. The highest BCUT2D eigenvalue weighted by molar-refractivity contribution is 4.66. The van der Waals surface area contributed by atoms with Gasteiger partial charge in [-0.3, -0.25) is 0 Å². The highest BCUT2D eigenvalue weighted by atomic mass is 16.7. The van der Waals surface area contributed by atoms with Gasteiger partial charge in [-0.25, -0.2) is 0 Å². The Morgan fingerprint density at radius 1 is 0.812 bits per heavy atom. The molecule has 0 saturated carbocycles. The molecule has 0 rings (SSSR count). The summed E-state index contributed by atoms with van der Waals surface area (Å²) >= 11 is 0. The van der Waals surface area contributed by atoms with Crippen LogP contribution in [-0.2, 0) is 9.47 Å². The van der Waals surface area contributed by atoms with Crippen molar-refractivity contribution in [3.05, 3.63) is 0 Å². The topological polar surface area (TPSA) is 18.5 Å². The van der Waals surface area contributed by atoms with Crippen molar-refractivity contribution in [1.29, 1.82) is 0 Å². The van der Waals surface area contributed by atoms with E-state index in [4.69, 9.17) is 9.47 Å². The number of unbranched alkanes of at least 4 members (excludes halogenated alkanes) is 2. The molecule has 0 atom stereocenters. The van der Waals surface area contributed by atoms with Crippen LogP contribution in [0, 0.1) is 0 Å². The van der Waals surface area contributed by atoms with E-state index in [1.54, 1.807) is 0 Å². The van der Waals surface area contributed by atoms with E-state index in [-0.39, 0.29) is 17.5 Å². The van der Waals surface area contributed by atoms with E-state index in [1.165, 1.54) is 19.3 Å². The molecule has 0 bridgehead atoms. The van der Waals surface area contributed by atoms with Crippen LogP contribution in [-0.4, -0.2) is 17.5 Å². The third-order valence-corrected chi connectivity index (χ3v) is 2.01. The zero-order valence-electron chi connectivity index (χ0n) is 12.2. The summed E-state index contributed by atoms with van der Waals surface area (Å²) in [6.07, 6.45) is 4.57. The average Bonchev–Trinajstić information content (AvgIpc) is 1.97. The molecular weight excluding hydrogens is 200 g/mol. The molecule has 0 fully saturated rings. The van der Waals surface area contributed by atoms with Crippen LogP contribution in [0.25, 0.3) is 0 Å². The van der Waals surface area contributed by atoms with E-state index in [9.17, 15) is 0 Å². The molecule has 0 aromatic heterocycles. The second-order valence-electron chi connectivity index (χ2n) is 6.39. The second kappa shape index (κ2) is 6.61. The van der Waals surface area contributed by atoms with Crippen molar-refractivity contribution < 1.29 is 9.47 Å². The molecular formula is C14H30O2. The normalized spacial score (nSPS) is 13.5. The molecule has 0 aromatic rings. The van der Waals surface area contributed by atoms with Gasteiger partial charge in [0.25, 0.3) is 0 Å². The minimum Gasteiger partial charge on any atom is -0.347 e. The summed E-state index contributed by atoms with van der Waals surface area (Å²) < 4.78 is 11.9. The van der Waals surface area contributed by atoms with Crippen LogP contribution in [0.15, 0.2) is 0 Å². The maximum atomic E-state index is 5.94. The summed E-state index contributed by atoms with van der Waals surface area (Å²) in [7, 11) is 0. The van der Waals surface area contributed by atoms with Crippen molar-refractivity contribution in [2.45, 2.75) is 91.6 Å². The zero-order valence-corrected chi connectivity index (χ0v) is 12.2. The summed E-state index contributed by atoms with van der Waals surface area (Å²) in [6.45, 7) is 14.7. The third kappa shape index (κ3) is 10.4. The van der Waals surface area contributed by atoms with Gasteiger partial charge in [-0.05, 0) is 54.4 Å². The van der Waals surface area contributed by atoms with Gasteiger partial charge >= 0.3 is 0 Å². The van der Waals surface area contributed by atoms with Gasteiger partial charge in [0.05, 0.1) is 11.2 Å². The molecule has 0 aliphatic rings. The molecule has 0 radical (unpaired) electrons. The van der Waals surface area contributed by atoms with E-state index >= 15 is 0 Å². The molecule has 0 aliphatic carbocycles. The molecule has 0 aromatic carbocycles. The Labute approximate surface area is 102 Å². The fourth-order valence-corrected chi connectivity index (χ4v) is 1.49. The van der Waals surface area contributed by atoms with Gasteiger partial charge in [0.15, 0.2) is 6.29 Å². The van der Waals surface area contributed by atoms with Crippen molar-refractivity contribution >= 4 is 0 Å². The summed E-state index contributed by atoms with van der Waals surface area (Å²) in [4.78, 5) is 0. The van der Waals surface area contributed by atoms with Crippen LogP contribution in [0.3, 0.4) is 0 Å². The standard InChI is InChI=1S/C14H30O2/c1-8-9-10-11-12(15-13(2,3)4)16-14(5,6)7/h12H,8-11H2,1-7H3. The highest BCUT2D eigenvalue weighted by Crippen LogP contribution is 2.21. The molecule has 0 unspecified atom stereocenters.